The molecule has 4 nitrogen and oxygen atoms in total. The monoisotopic (exact) mass is 729 g/mol. The van der Waals surface area contributed by atoms with E-state index >= 15 is 0 Å². The van der Waals surface area contributed by atoms with Crippen LogP contribution < -0.4 is 5.56 Å². The minimum Gasteiger partial charge on any atom is -0.275 e. The van der Waals surface area contributed by atoms with E-state index in [0.717, 1.165) is 118 Å². The first-order chi connectivity index (χ1) is 28.2. The van der Waals surface area contributed by atoms with Gasteiger partial charge in [0, 0.05) is 44.0 Å². The van der Waals surface area contributed by atoms with Gasteiger partial charge in [-0.1, -0.05) is 140 Å². The number of hydrogen-bond acceptors (Lipinski definition) is 3. The Bertz CT molecular complexity index is 3110. The first-order valence-electron chi connectivity index (χ1n) is 19.5. The van der Waals surface area contributed by atoms with E-state index in [1.165, 1.54) is 0 Å². The number of hydrogen-bond donors (Lipinski definition) is 0. The van der Waals surface area contributed by atoms with E-state index in [4.69, 9.17) is 9.97 Å². The Morgan fingerprint density at radius 2 is 0.860 bits per heavy atom. The lowest BCUT2D eigenvalue weighted by Gasteiger charge is -2.16. The van der Waals surface area contributed by atoms with Gasteiger partial charge in [-0.15, -0.1) is 0 Å². The van der Waals surface area contributed by atoms with Crippen LogP contribution in [0.5, 0.6) is 0 Å². The van der Waals surface area contributed by atoms with Crippen molar-refractivity contribution >= 4 is 33.3 Å². The van der Waals surface area contributed by atoms with E-state index in [9.17, 15) is 4.79 Å². The molecule has 0 fully saturated rings. The van der Waals surface area contributed by atoms with Gasteiger partial charge in [0.15, 0.2) is 0 Å². The Labute approximate surface area is 330 Å². The first-order valence-corrected chi connectivity index (χ1v) is 19.5. The average molecular weight is 730 g/mol. The quantitative estimate of drug-likeness (QED) is 0.171. The molecule has 0 N–H and O–H groups in total. The number of benzene rings is 6. The molecule has 4 heteroatoms. The summed E-state index contributed by atoms with van der Waals surface area (Å²) in [5, 5.41) is 3.23. The molecule has 1 aliphatic carbocycles. The lowest BCUT2D eigenvalue weighted by atomic mass is 9.91. The average Bonchev–Trinajstić information content (AvgIpc) is 3.63. The molecule has 0 saturated carbocycles. The number of aromatic nitrogens is 3. The summed E-state index contributed by atoms with van der Waals surface area (Å²) >= 11 is 0. The van der Waals surface area contributed by atoms with Crippen molar-refractivity contribution in [3.63, 3.8) is 0 Å². The largest absolute Gasteiger partial charge is 0.275 e. The molecular formula is C53H35N3O. The standard InChI is InChI=1S/C53H35N3O/c57-53-43-24-14-13-23-42(43)45-28-39(41-32-49(36-19-9-3-10-20-36)55-50(33-41)37-21-11-4-12-22-37)29-46-44-27-38(25-26-51(44)56(53)52(45)46)40-30-47(34-15-5-1-6-16-34)54-48(31-40)35-17-7-2-8-18-35/h1-12,14-22,24-33H,13,23H2. The summed E-state index contributed by atoms with van der Waals surface area (Å²) in [6.07, 6.45) is 5.89. The van der Waals surface area contributed by atoms with E-state index in [2.05, 4.69) is 158 Å². The van der Waals surface area contributed by atoms with Gasteiger partial charge in [0.05, 0.1) is 33.8 Å². The molecule has 4 aromatic heterocycles. The smallest absolute Gasteiger partial charge is 0.263 e. The Kier molecular flexibility index (Phi) is 7.75. The lowest BCUT2D eigenvalue weighted by molar-refractivity contribution is 0.978. The summed E-state index contributed by atoms with van der Waals surface area (Å²) in [4.78, 5) is 24.8. The fourth-order valence-corrected chi connectivity index (χ4v) is 8.62. The zero-order valence-electron chi connectivity index (χ0n) is 31.1. The fourth-order valence-electron chi connectivity index (χ4n) is 8.62. The SMILES string of the molecule is O=c1c2c(c3cc(-c4cc(-c5ccccc5)nc(-c5ccccc5)c4)cc4c5cc(-c6cc(-c7ccccc7)nc(-c7ccccc7)c6)ccc5n1c34)CCC=C2. The summed E-state index contributed by atoms with van der Waals surface area (Å²) in [5.41, 5.74) is 16.1. The van der Waals surface area contributed by atoms with Gasteiger partial charge in [0.25, 0.3) is 5.56 Å². The van der Waals surface area contributed by atoms with Crippen LogP contribution in [0.25, 0.3) is 101 Å². The van der Waals surface area contributed by atoms with E-state index in [1.807, 2.05) is 34.7 Å². The molecule has 57 heavy (non-hydrogen) atoms. The number of allylic oxidation sites excluding steroid dienone is 1. The second kappa shape index (κ2) is 13.4. The topological polar surface area (TPSA) is 47.3 Å². The summed E-state index contributed by atoms with van der Waals surface area (Å²) < 4.78 is 1.96. The van der Waals surface area contributed by atoms with Crippen LogP contribution in [0.4, 0.5) is 0 Å². The zero-order valence-corrected chi connectivity index (χ0v) is 31.1. The Balaban J connectivity index is 1.18. The summed E-state index contributed by atoms with van der Waals surface area (Å²) in [7, 11) is 0. The molecule has 0 radical (unpaired) electrons. The van der Waals surface area contributed by atoms with Gasteiger partial charge in [0.1, 0.15) is 0 Å². The van der Waals surface area contributed by atoms with Crippen LogP contribution in [0.1, 0.15) is 17.5 Å². The highest BCUT2D eigenvalue weighted by Gasteiger charge is 2.23. The van der Waals surface area contributed by atoms with Crippen LogP contribution in [0.3, 0.4) is 0 Å². The Hall–Kier alpha value is -7.43. The third kappa shape index (κ3) is 5.65. The van der Waals surface area contributed by atoms with Gasteiger partial charge >= 0.3 is 0 Å². The number of fused-ring (bicyclic) bond motifs is 5. The van der Waals surface area contributed by atoms with Crippen molar-refractivity contribution in [2.45, 2.75) is 12.8 Å². The van der Waals surface area contributed by atoms with Crippen LogP contribution in [0.2, 0.25) is 0 Å². The highest BCUT2D eigenvalue weighted by atomic mass is 16.1. The number of nitrogens with zero attached hydrogens (tertiary/aromatic N) is 3. The maximum absolute atomic E-state index is 14.5. The van der Waals surface area contributed by atoms with Gasteiger partial charge in [0.2, 0.25) is 0 Å². The van der Waals surface area contributed by atoms with Crippen molar-refractivity contribution in [1.82, 2.24) is 14.4 Å². The molecule has 11 rings (SSSR count). The van der Waals surface area contributed by atoms with Crippen molar-refractivity contribution in [1.29, 1.82) is 0 Å². The molecule has 0 aliphatic heterocycles. The number of pyridine rings is 3. The third-order valence-electron chi connectivity index (χ3n) is 11.4. The number of aryl methyl sites for hydroxylation is 1. The predicted molar refractivity (Wildman–Crippen MR) is 235 cm³/mol. The molecule has 0 spiro atoms. The first kappa shape index (κ1) is 33.0. The van der Waals surface area contributed by atoms with Crippen molar-refractivity contribution in [2.75, 3.05) is 0 Å². The maximum Gasteiger partial charge on any atom is 0.263 e. The van der Waals surface area contributed by atoms with Crippen molar-refractivity contribution in [2.24, 2.45) is 0 Å². The van der Waals surface area contributed by atoms with Gasteiger partial charge in [-0.3, -0.25) is 9.20 Å². The summed E-state index contributed by atoms with van der Waals surface area (Å²) in [5.74, 6) is 0. The van der Waals surface area contributed by atoms with E-state index in [-0.39, 0.29) is 5.56 Å². The van der Waals surface area contributed by atoms with Gasteiger partial charge < -0.3 is 0 Å². The van der Waals surface area contributed by atoms with Crippen LogP contribution in [0, 0.1) is 0 Å². The molecule has 0 unspecified atom stereocenters. The minimum atomic E-state index is 0.0391. The lowest BCUT2D eigenvalue weighted by Crippen LogP contribution is -2.19. The molecule has 0 amide bonds. The normalized spacial score (nSPS) is 12.4. The van der Waals surface area contributed by atoms with Crippen LogP contribution >= 0.6 is 0 Å². The molecule has 0 saturated heterocycles. The highest BCUT2D eigenvalue weighted by Crippen LogP contribution is 2.41. The van der Waals surface area contributed by atoms with E-state index in [1.54, 1.807) is 0 Å². The summed E-state index contributed by atoms with van der Waals surface area (Å²) in [6, 6.07) is 61.4. The minimum absolute atomic E-state index is 0.0391. The zero-order chi connectivity index (χ0) is 37.9. The molecular weight excluding hydrogens is 695 g/mol. The maximum atomic E-state index is 14.5. The van der Waals surface area contributed by atoms with Crippen molar-refractivity contribution < 1.29 is 0 Å². The molecule has 0 bridgehead atoms. The van der Waals surface area contributed by atoms with Gasteiger partial charge in [-0.2, -0.15) is 0 Å². The second-order valence-electron chi connectivity index (χ2n) is 14.8. The molecule has 4 heterocycles. The molecule has 0 atom stereocenters. The van der Waals surface area contributed by atoms with Crippen LogP contribution in [-0.2, 0) is 6.42 Å². The van der Waals surface area contributed by atoms with Crippen LogP contribution in [0.15, 0.2) is 187 Å². The Morgan fingerprint density at radius 3 is 1.37 bits per heavy atom. The summed E-state index contributed by atoms with van der Waals surface area (Å²) in [6.45, 7) is 0. The van der Waals surface area contributed by atoms with E-state index in [0.29, 0.717) is 0 Å². The second-order valence-corrected chi connectivity index (χ2v) is 14.8. The third-order valence-corrected chi connectivity index (χ3v) is 11.4. The molecule has 10 aromatic rings. The van der Waals surface area contributed by atoms with Crippen molar-refractivity contribution in [3.05, 3.63) is 203 Å². The van der Waals surface area contributed by atoms with Crippen molar-refractivity contribution in [3.8, 4) is 67.3 Å². The Morgan fingerprint density at radius 1 is 0.421 bits per heavy atom. The molecule has 1 aliphatic rings. The fraction of sp³-hybridized carbons (Fsp3) is 0.0377. The van der Waals surface area contributed by atoms with Gasteiger partial charge in [-0.25, -0.2) is 9.97 Å². The van der Waals surface area contributed by atoms with E-state index < -0.39 is 0 Å². The molecule has 268 valence electrons. The van der Waals surface area contributed by atoms with Crippen LogP contribution in [-0.4, -0.2) is 14.4 Å². The number of rotatable bonds is 6. The predicted octanol–water partition coefficient (Wildman–Crippen LogP) is 12.8. The van der Waals surface area contributed by atoms with Gasteiger partial charge in [-0.05, 0) is 89.2 Å². The molecule has 6 aromatic carbocycles. The highest BCUT2D eigenvalue weighted by molar-refractivity contribution is 6.17.